The molecule has 0 saturated carbocycles. The molecule has 0 amide bonds. The van der Waals surface area contributed by atoms with Crippen molar-refractivity contribution in [3.8, 4) is 11.4 Å². The Kier molecular flexibility index (Phi) is 4.12. The first-order chi connectivity index (χ1) is 14.3. The number of rotatable bonds is 3. The fourth-order valence-electron chi connectivity index (χ4n) is 4.75. The van der Waals surface area contributed by atoms with Crippen molar-refractivity contribution in [2.75, 3.05) is 0 Å². The van der Waals surface area contributed by atoms with Crippen molar-refractivity contribution in [2.24, 2.45) is 5.92 Å². The average Bonchev–Trinajstić information content (AvgIpc) is 3.10. The second-order valence-corrected chi connectivity index (χ2v) is 8.64. The van der Waals surface area contributed by atoms with E-state index in [9.17, 15) is 14.7 Å². The van der Waals surface area contributed by atoms with Crippen LogP contribution >= 0.6 is 0 Å². The lowest BCUT2D eigenvalue weighted by Crippen LogP contribution is -2.44. The van der Waals surface area contributed by atoms with Gasteiger partial charge in [-0.05, 0) is 36.5 Å². The van der Waals surface area contributed by atoms with Crippen molar-refractivity contribution in [1.82, 2.24) is 9.55 Å². The number of aliphatic hydroxyl groups is 1. The van der Waals surface area contributed by atoms with Gasteiger partial charge in [0.2, 0.25) is 0 Å². The van der Waals surface area contributed by atoms with Gasteiger partial charge in [0.1, 0.15) is 6.61 Å². The van der Waals surface area contributed by atoms with E-state index in [1.165, 1.54) is 5.56 Å². The van der Waals surface area contributed by atoms with Gasteiger partial charge in [0.25, 0.3) is 5.56 Å². The highest BCUT2D eigenvalue weighted by molar-refractivity contribution is 5.89. The molecule has 2 aliphatic heterocycles. The lowest BCUT2D eigenvalue weighted by molar-refractivity contribution is -0.172. The lowest BCUT2D eigenvalue weighted by atomic mass is 9.86. The number of esters is 1. The number of hydrogen-bond acceptors (Lipinski definition) is 5. The quantitative estimate of drug-likeness (QED) is 0.530. The normalized spacial score (nSPS) is 19.6. The molecule has 6 heteroatoms. The minimum absolute atomic E-state index is 0.111. The summed E-state index contributed by atoms with van der Waals surface area (Å²) in [5.41, 5.74) is 3.25. The van der Waals surface area contributed by atoms with Gasteiger partial charge in [0.15, 0.2) is 5.60 Å². The van der Waals surface area contributed by atoms with Crippen molar-refractivity contribution >= 4 is 16.9 Å². The Labute approximate surface area is 174 Å². The predicted octanol–water partition coefficient (Wildman–Crippen LogP) is 3.28. The maximum absolute atomic E-state index is 13.3. The van der Waals surface area contributed by atoms with Gasteiger partial charge in [0, 0.05) is 16.5 Å². The summed E-state index contributed by atoms with van der Waals surface area (Å²) < 4.78 is 6.85. The number of para-hydroxylation sites is 1. The second kappa shape index (κ2) is 6.51. The van der Waals surface area contributed by atoms with E-state index in [1.807, 2.05) is 18.2 Å². The van der Waals surface area contributed by atoms with Crippen molar-refractivity contribution in [3.63, 3.8) is 0 Å². The van der Waals surface area contributed by atoms with E-state index in [0.717, 1.165) is 28.6 Å². The van der Waals surface area contributed by atoms with Crippen LogP contribution in [0.4, 0.5) is 0 Å². The van der Waals surface area contributed by atoms with E-state index < -0.39 is 11.6 Å². The van der Waals surface area contributed by atoms with Gasteiger partial charge in [-0.2, -0.15) is 0 Å². The molecule has 0 bridgehead atoms. The lowest BCUT2D eigenvalue weighted by Gasteiger charge is -2.31. The summed E-state index contributed by atoms with van der Waals surface area (Å²) >= 11 is 0. The molecule has 1 N–H and O–H groups in total. The van der Waals surface area contributed by atoms with E-state index in [2.05, 4.69) is 19.9 Å². The summed E-state index contributed by atoms with van der Waals surface area (Å²) in [5, 5.41) is 12.1. The molecule has 2 aliphatic rings. The Balaban J connectivity index is 1.82. The van der Waals surface area contributed by atoms with Crippen molar-refractivity contribution in [3.05, 3.63) is 62.9 Å². The zero-order valence-corrected chi connectivity index (χ0v) is 17.4. The number of aromatic nitrogens is 2. The van der Waals surface area contributed by atoms with Crippen LogP contribution in [0.15, 0.2) is 35.1 Å². The van der Waals surface area contributed by atoms with Gasteiger partial charge in [-0.1, -0.05) is 39.0 Å². The first kappa shape index (κ1) is 19.0. The number of benzene rings is 1. The van der Waals surface area contributed by atoms with Crippen molar-refractivity contribution in [2.45, 2.75) is 52.4 Å². The maximum atomic E-state index is 13.3. The molecule has 4 heterocycles. The Morgan fingerprint density at radius 1 is 1.23 bits per heavy atom. The maximum Gasteiger partial charge on any atom is 0.343 e. The summed E-state index contributed by atoms with van der Waals surface area (Å²) in [6.07, 6.45) is 1.02. The number of hydrogen-bond donors (Lipinski definition) is 1. The first-order valence-corrected chi connectivity index (χ1v) is 10.4. The topological polar surface area (TPSA) is 81.4 Å². The molecule has 0 fully saturated rings. The zero-order chi connectivity index (χ0) is 21.2. The minimum atomic E-state index is -1.80. The molecular formula is C24H24N2O4. The largest absolute Gasteiger partial charge is 0.458 e. The van der Waals surface area contributed by atoms with Crippen LogP contribution in [0.1, 0.15) is 49.4 Å². The fourth-order valence-corrected chi connectivity index (χ4v) is 4.75. The van der Waals surface area contributed by atoms with Gasteiger partial charge >= 0.3 is 5.97 Å². The number of ether oxygens (including phenoxy) is 1. The highest BCUT2D eigenvalue weighted by Crippen LogP contribution is 2.40. The third-order valence-electron chi connectivity index (χ3n) is 6.33. The van der Waals surface area contributed by atoms with Crippen LogP contribution in [0.2, 0.25) is 0 Å². The number of cyclic esters (lactones) is 1. The standard InChI is InChI=1S/C24H24N2O4/c1-4-24(29)18-10-20-21-16(11-26(20)22(27)17(18)12-30-23(24)28)15(9-13(2)3)14-7-5-6-8-19(14)25-21/h5-8,10,13,29H,4,9,11-12H2,1-3H3/t24-/m0/s1. The highest BCUT2D eigenvalue weighted by Gasteiger charge is 2.45. The van der Waals surface area contributed by atoms with Gasteiger partial charge in [0.05, 0.1) is 29.0 Å². The Bertz CT molecular complexity index is 1270. The number of carbonyl (C=O) groups excluding carboxylic acids is 1. The Morgan fingerprint density at radius 2 is 2.00 bits per heavy atom. The average molecular weight is 404 g/mol. The molecule has 3 aromatic rings. The van der Waals surface area contributed by atoms with E-state index in [0.29, 0.717) is 29.3 Å². The molecule has 1 atom stereocenters. The Hall–Kier alpha value is -2.99. The third kappa shape index (κ3) is 2.50. The van der Waals surface area contributed by atoms with E-state index in [4.69, 9.17) is 9.72 Å². The summed E-state index contributed by atoms with van der Waals surface area (Å²) in [7, 11) is 0. The van der Waals surface area contributed by atoms with E-state index in [-0.39, 0.29) is 18.6 Å². The number of pyridine rings is 2. The van der Waals surface area contributed by atoms with Crippen LogP contribution in [-0.4, -0.2) is 20.6 Å². The third-order valence-corrected chi connectivity index (χ3v) is 6.33. The second-order valence-electron chi connectivity index (χ2n) is 8.64. The van der Waals surface area contributed by atoms with Gasteiger partial charge in [-0.25, -0.2) is 9.78 Å². The van der Waals surface area contributed by atoms with Crippen LogP contribution in [-0.2, 0) is 34.7 Å². The molecule has 2 aromatic heterocycles. The highest BCUT2D eigenvalue weighted by atomic mass is 16.6. The summed E-state index contributed by atoms with van der Waals surface area (Å²) in [5.74, 6) is -0.253. The smallest absolute Gasteiger partial charge is 0.343 e. The SMILES string of the molecule is CC[C@@]1(O)C(=O)OCc2c1cc1n(c2=O)Cc2c-1nc1ccccc1c2CC(C)C. The number of nitrogens with zero attached hydrogens (tertiary/aromatic N) is 2. The number of fused-ring (bicyclic) bond motifs is 5. The molecule has 0 unspecified atom stereocenters. The van der Waals surface area contributed by atoms with E-state index >= 15 is 0 Å². The molecule has 0 radical (unpaired) electrons. The monoisotopic (exact) mass is 404 g/mol. The van der Waals surface area contributed by atoms with Crippen molar-refractivity contribution in [1.29, 1.82) is 0 Å². The van der Waals surface area contributed by atoms with Crippen LogP contribution in [0.3, 0.4) is 0 Å². The summed E-state index contributed by atoms with van der Waals surface area (Å²) in [6.45, 7) is 6.40. The van der Waals surface area contributed by atoms with E-state index in [1.54, 1.807) is 17.6 Å². The van der Waals surface area contributed by atoms with Crippen LogP contribution in [0.5, 0.6) is 0 Å². The fraction of sp³-hybridized carbons (Fsp3) is 0.375. The van der Waals surface area contributed by atoms with Crippen LogP contribution in [0, 0.1) is 5.92 Å². The molecular weight excluding hydrogens is 380 g/mol. The molecule has 1 aromatic carbocycles. The summed E-state index contributed by atoms with van der Waals surface area (Å²) in [4.78, 5) is 30.6. The molecule has 30 heavy (non-hydrogen) atoms. The Morgan fingerprint density at radius 3 is 2.73 bits per heavy atom. The summed E-state index contributed by atoms with van der Waals surface area (Å²) in [6, 6.07) is 9.81. The molecule has 6 nitrogen and oxygen atoms in total. The number of carbonyl (C=O) groups is 1. The molecule has 0 spiro atoms. The molecule has 0 saturated heterocycles. The van der Waals surface area contributed by atoms with Crippen LogP contribution < -0.4 is 5.56 Å². The predicted molar refractivity (Wildman–Crippen MR) is 113 cm³/mol. The van der Waals surface area contributed by atoms with Gasteiger partial charge < -0.3 is 14.4 Å². The zero-order valence-electron chi connectivity index (χ0n) is 17.4. The molecule has 154 valence electrons. The molecule has 5 rings (SSSR count). The van der Waals surface area contributed by atoms with Crippen LogP contribution in [0.25, 0.3) is 22.3 Å². The molecule has 0 aliphatic carbocycles. The minimum Gasteiger partial charge on any atom is -0.458 e. The van der Waals surface area contributed by atoms with Gasteiger partial charge in [-0.3, -0.25) is 4.79 Å². The first-order valence-electron chi connectivity index (χ1n) is 10.4. The van der Waals surface area contributed by atoms with Crippen molar-refractivity contribution < 1.29 is 14.6 Å². The van der Waals surface area contributed by atoms with Gasteiger partial charge in [-0.15, -0.1) is 0 Å².